The summed E-state index contributed by atoms with van der Waals surface area (Å²) in [7, 11) is 3.13. The van der Waals surface area contributed by atoms with Gasteiger partial charge in [0.25, 0.3) is 5.91 Å². The summed E-state index contributed by atoms with van der Waals surface area (Å²) in [6.45, 7) is 2.49. The Kier molecular flexibility index (Phi) is 7.44. The lowest BCUT2D eigenvalue weighted by molar-refractivity contribution is 0.0285. The maximum atomic E-state index is 12.3. The van der Waals surface area contributed by atoms with Crippen LogP contribution in [0.15, 0.2) is 42.5 Å². The Hall–Kier alpha value is -2.57. The largest absolute Gasteiger partial charge is 0.497 e. The topological polar surface area (TPSA) is 77.0 Å². The fourth-order valence-electron chi connectivity index (χ4n) is 2.40. The molecule has 0 aliphatic rings. The number of ether oxygens (including phenoxy) is 3. The molecule has 6 heteroatoms. The zero-order chi connectivity index (χ0) is 18.9. The first-order valence-corrected chi connectivity index (χ1v) is 8.35. The van der Waals surface area contributed by atoms with Crippen molar-refractivity contribution in [1.29, 1.82) is 0 Å². The molecule has 2 N–H and O–H groups in total. The number of methoxy groups -OCH3 is 2. The van der Waals surface area contributed by atoms with Crippen LogP contribution in [-0.4, -0.2) is 44.5 Å². The Labute approximate surface area is 153 Å². The predicted molar refractivity (Wildman–Crippen MR) is 98.7 cm³/mol. The summed E-state index contributed by atoms with van der Waals surface area (Å²) in [6, 6.07) is 12.9. The van der Waals surface area contributed by atoms with Crippen molar-refractivity contribution < 1.29 is 24.1 Å². The molecule has 1 unspecified atom stereocenters. The van der Waals surface area contributed by atoms with E-state index < -0.39 is 6.10 Å². The summed E-state index contributed by atoms with van der Waals surface area (Å²) in [6.07, 6.45) is -0.798. The van der Waals surface area contributed by atoms with Gasteiger partial charge in [-0.25, -0.2) is 0 Å². The van der Waals surface area contributed by atoms with Crippen molar-refractivity contribution >= 4 is 5.91 Å². The van der Waals surface area contributed by atoms with E-state index in [0.29, 0.717) is 17.9 Å². The number of carbonyl (C=O) groups is 1. The van der Waals surface area contributed by atoms with E-state index in [1.165, 1.54) is 7.11 Å². The number of hydrogen-bond donors (Lipinski definition) is 2. The second-order valence-corrected chi connectivity index (χ2v) is 5.93. The highest BCUT2D eigenvalue weighted by Gasteiger charge is 2.14. The lowest BCUT2D eigenvalue weighted by atomic mass is 10.1. The zero-order valence-corrected chi connectivity index (χ0v) is 15.3. The normalized spacial score (nSPS) is 11.7. The van der Waals surface area contributed by atoms with Crippen molar-refractivity contribution in [3.8, 4) is 11.5 Å². The monoisotopic (exact) mass is 359 g/mol. The van der Waals surface area contributed by atoms with E-state index >= 15 is 0 Å². The Bertz CT molecular complexity index is 715. The summed E-state index contributed by atoms with van der Waals surface area (Å²) < 4.78 is 15.8. The van der Waals surface area contributed by atoms with Crippen LogP contribution >= 0.6 is 0 Å². The number of rotatable bonds is 9. The van der Waals surface area contributed by atoms with Crippen molar-refractivity contribution in [1.82, 2.24) is 5.32 Å². The Morgan fingerprint density at radius 2 is 1.85 bits per heavy atom. The van der Waals surface area contributed by atoms with Crippen LogP contribution in [0.25, 0.3) is 0 Å². The molecule has 0 aromatic heterocycles. The van der Waals surface area contributed by atoms with E-state index in [4.69, 9.17) is 14.2 Å². The molecule has 6 nitrogen and oxygen atoms in total. The van der Waals surface area contributed by atoms with Crippen LogP contribution in [0.1, 0.15) is 21.5 Å². The quantitative estimate of drug-likeness (QED) is 0.719. The number of aliphatic hydroxyl groups excluding tert-OH is 1. The van der Waals surface area contributed by atoms with Crippen LogP contribution in [0, 0.1) is 6.92 Å². The van der Waals surface area contributed by atoms with Gasteiger partial charge in [-0.3, -0.25) is 4.79 Å². The standard InChI is InChI=1S/C20H25NO5/c1-14-4-9-19(25-3)18(10-14)20(23)21-11-16(22)13-26-12-15-5-7-17(24-2)8-6-15/h4-10,16,22H,11-13H2,1-3H3,(H,21,23). The van der Waals surface area contributed by atoms with Gasteiger partial charge < -0.3 is 24.6 Å². The van der Waals surface area contributed by atoms with Crippen LogP contribution < -0.4 is 14.8 Å². The average molecular weight is 359 g/mol. The molecule has 0 aliphatic carbocycles. The highest BCUT2D eigenvalue weighted by Crippen LogP contribution is 2.19. The van der Waals surface area contributed by atoms with Gasteiger partial charge in [-0.05, 0) is 36.8 Å². The molecule has 0 fully saturated rings. The van der Waals surface area contributed by atoms with Gasteiger partial charge in [0.05, 0.1) is 39.1 Å². The minimum Gasteiger partial charge on any atom is -0.497 e. The van der Waals surface area contributed by atoms with Crippen molar-refractivity contribution in [2.75, 3.05) is 27.4 Å². The van der Waals surface area contributed by atoms with Crippen molar-refractivity contribution in [3.05, 3.63) is 59.2 Å². The molecule has 26 heavy (non-hydrogen) atoms. The molecule has 2 aromatic carbocycles. The van der Waals surface area contributed by atoms with E-state index in [1.54, 1.807) is 19.2 Å². The van der Waals surface area contributed by atoms with Gasteiger partial charge in [0.1, 0.15) is 11.5 Å². The summed E-state index contributed by atoms with van der Waals surface area (Å²) in [4.78, 5) is 12.3. The summed E-state index contributed by atoms with van der Waals surface area (Å²) in [5, 5.41) is 12.7. The van der Waals surface area contributed by atoms with Gasteiger partial charge in [0, 0.05) is 6.54 Å². The molecular formula is C20H25NO5. The minimum absolute atomic E-state index is 0.0958. The van der Waals surface area contributed by atoms with Gasteiger partial charge in [0.2, 0.25) is 0 Å². The maximum absolute atomic E-state index is 12.3. The van der Waals surface area contributed by atoms with Crippen LogP contribution in [-0.2, 0) is 11.3 Å². The van der Waals surface area contributed by atoms with Gasteiger partial charge in [-0.15, -0.1) is 0 Å². The summed E-state index contributed by atoms with van der Waals surface area (Å²) in [5.74, 6) is 0.987. The first-order valence-electron chi connectivity index (χ1n) is 8.35. The van der Waals surface area contributed by atoms with E-state index in [9.17, 15) is 9.90 Å². The van der Waals surface area contributed by atoms with Crippen LogP contribution in [0.2, 0.25) is 0 Å². The summed E-state index contributed by atoms with van der Waals surface area (Å²) in [5.41, 5.74) is 2.38. The number of amides is 1. The van der Waals surface area contributed by atoms with Crippen LogP contribution in [0.4, 0.5) is 0 Å². The second kappa shape index (κ2) is 9.79. The molecule has 1 amide bonds. The minimum atomic E-state index is -0.798. The highest BCUT2D eigenvalue weighted by molar-refractivity contribution is 5.97. The predicted octanol–water partition coefficient (Wildman–Crippen LogP) is 2.32. The lowest BCUT2D eigenvalue weighted by Crippen LogP contribution is -2.34. The molecule has 2 aromatic rings. The second-order valence-electron chi connectivity index (χ2n) is 5.93. The third-order valence-corrected chi connectivity index (χ3v) is 3.84. The first kappa shape index (κ1) is 19.8. The number of hydrogen-bond acceptors (Lipinski definition) is 5. The van der Waals surface area contributed by atoms with Gasteiger partial charge >= 0.3 is 0 Å². The van der Waals surface area contributed by atoms with Crippen molar-refractivity contribution in [3.63, 3.8) is 0 Å². The third-order valence-electron chi connectivity index (χ3n) is 3.84. The SMILES string of the molecule is COc1ccc(COCC(O)CNC(=O)c2cc(C)ccc2OC)cc1. The van der Waals surface area contributed by atoms with Crippen LogP contribution in [0.5, 0.6) is 11.5 Å². The van der Waals surface area contributed by atoms with E-state index in [0.717, 1.165) is 16.9 Å². The van der Waals surface area contributed by atoms with Crippen molar-refractivity contribution in [2.45, 2.75) is 19.6 Å². The zero-order valence-electron chi connectivity index (χ0n) is 15.3. The van der Waals surface area contributed by atoms with Gasteiger partial charge in [-0.1, -0.05) is 23.8 Å². The molecule has 0 radical (unpaired) electrons. The Morgan fingerprint density at radius 1 is 1.12 bits per heavy atom. The molecule has 0 heterocycles. The molecule has 0 spiro atoms. The number of aryl methyl sites for hydroxylation is 1. The lowest BCUT2D eigenvalue weighted by Gasteiger charge is -2.14. The van der Waals surface area contributed by atoms with Gasteiger partial charge in [0.15, 0.2) is 0 Å². The first-order chi connectivity index (χ1) is 12.5. The molecule has 0 saturated heterocycles. The highest BCUT2D eigenvalue weighted by atomic mass is 16.5. The van der Waals surface area contributed by atoms with Crippen molar-refractivity contribution in [2.24, 2.45) is 0 Å². The Balaban J connectivity index is 1.76. The third kappa shape index (κ3) is 5.75. The fraction of sp³-hybridized carbons (Fsp3) is 0.350. The maximum Gasteiger partial charge on any atom is 0.255 e. The number of aliphatic hydroxyl groups is 1. The number of carbonyl (C=O) groups excluding carboxylic acids is 1. The molecule has 0 bridgehead atoms. The molecule has 0 saturated carbocycles. The number of benzene rings is 2. The van der Waals surface area contributed by atoms with E-state index in [-0.39, 0.29) is 19.1 Å². The van der Waals surface area contributed by atoms with Gasteiger partial charge in [-0.2, -0.15) is 0 Å². The fourth-order valence-corrected chi connectivity index (χ4v) is 2.40. The molecular weight excluding hydrogens is 334 g/mol. The number of nitrogens with one attached hydrogen (secondary N) is 1. The average Bonchev–Trinajstić information content (AvgIpc) is 2.66. The summed E-state index contributed by atoms with van der Waals surface area (Å²) >= 11 is 0. The molecule has 1 atom stereocenters. The molecule has 0 aliphatic heterocycles. The van der Waals surface area contributed by atoms with E-state index in [2.05, 4.69) is 5.32 Å². The Morgan fingerprint density at radius 3 is 2.50 bits per heavy atom. The molecule has 140 valence electrons. The smallest absolute Gasteiger partial charge is 0.255 e. The van der Waals surface area contributed by atoms with Crippen LogP contribution in [0.3, 0.4) is 0 Å². The molecule has 2 rings (SSSR count). The van der Waals surface area contributed by atoms with E-state index in [1.807, 2.05) is 37.3 Å².